The minimum atomic E-state index is -0.406. The molecule has 2 rings (SSSR count). The van der Waals surface area contributed by atoms with Crippen LogP contribution in [0.4, 0.5) is 11.4 Å². The minimum Gasteiger partial charge on any atom is -0.281 e. The highest BCUT2D eigenvalue weighted by Gasteiger charge is 2.28. The van der Waals surface area contributed by atoms with Crippen molar-refractivity contribution in [2.24, 2.45) is 10.3 Å². The van der Waals surface area contributed by atoms with Gasteiger partial charge in [0.15, 0.2) is 0 Å². The summed E-state index contributed by atoms with van der Waals surface area (Å²) in [5.41, 5.74) is 0.906. The summed E-state index contributed by atoms with van der Waals surface area (Å²) in [6.07, 6.45) is 0.0939. The van der Waals surface area contributed by atoms with E-state index in [0.717, 1.165) is 18.8 Å². The van der Waals surface area contributed by atoms with Crippen LogP contribution < -0.4 is 5.01 Å². The van der Waals surface area contributed by atoms with Crippen molar-refractivity contribution < 1.29 is 4.92 Å². The van der Waals surface area contributed by atoms with Gasteiger partial charge in [-0.2, -0.15) is 5.11 Å². The first-order chi connectivity index (χ1) is 9.17. The molecular formula is C12H17N5O2. The van der Waals surface area contributed by atoms with E-state index >= 15 is 0 Å². The van der Waals surface area contributed by atoms with Crippen molar-refractivity contribution in [1.82, 2.24) is 4.90 Å². The molecule has 1 atom stereocenters. The van der Waals surface area contributed by atoms with Crippen LogP contribution in [-0.4, -0.2) is 35.6 Å². The normalized spacial score (nSPS) is 18.3. The lowest BCUT2D eigenvalue weighted by Gasteiger charge is -2.31. The molecule has 19 heavy (non-hydrogen) atoms. The fraction of sp³-hybridized carbons (Fsp3) is 0.500. The van der Waals surface area contributed by atoms with Gasteiger partial charge < -0.3 is 0 Å². The van der Waals surface area contributed by atoms with Gasteiger partial charge in [-0.25, -0.2) is 5.01 Å². The monoisotopic (exact) mass is 263 g/mol. The van der Waals surface area contributed by atoms with Crippen LogP contribution in [0, 0.1) is 10.1 Å². The molecule has 1 aliphatic heterocycles. The van der Waals surface area contributed by atoms with Gasteiger partial charge in [0.2, 0.25) is 0 Å². The third kappa shape index (κ3) is 2.70. The molecule has 0 saturated carbocycles. The van der Waals surface area contributed by atoms with Crippen LogP contribution >= 0.6 is 0 Å². The Hall–Kier alpha value is -2.02. The summed E-state index contributed by atoms with van der Waals surface area (Å²) in [7, 11) is 0. The summed E-state index contributed by atoms with van der Waals surface area (Å²) in [5, 5.41) is 20.7. The highest BCUT2D eigenvalue weighted by atomic mass is 16.6. The van der Waals surface area contributed by atoms with E-state index in [1.165, 1.54) is 12.1 Å². The molecule has 0 bridgehead atoms. The molecule has 0 N–H and O–H groups in total. The van der Waals surface area contributed by atoms with Gasteiger partial charge in [-0.05, 0) is 25.2 Å². The van der Waals surface area contributed by atoms with Crippen LogP contribution in [0.25, 0.3) is 0 Å². The lowest BCUT2D eigenvalue weighted by atomic mass is 10.2. The maximum Gasteiger partial charge on any atom is 0.269 e. The Bertz CT molecular complexity index is 470. The Kier molecular flexibility index (Phi) is 4.06. The number of nitro groups is 1. The van der Waals surface area contributed by atoms with Crippen LogP contribution in [0.3, 0.4) is 0 Å². The Morgan fingerprint density at radius 3 is 2.53 bits per heavy atom. The molecule has 1 unspecified atom stereocenters. The van der Waals surface area contributed by atoms with Crippen LogP contribution in [0.1, 0.15) is 13.8 Å². The minimum absolute atomic E-state index is 0.0827. The third-order valence-corrected chi connectivity index (χ3v) is 3.25. The lowest BCUT2D eigenvalue weighted by Crippen LogP contribution is -2.45. The Morgan fingerprint density at radius 2 is 2.00 bits per heavy atom. The fourth-order valence-electron chi connectivity index (χ4n) is 2.18. The summed E-state index contributed by atoms with van der Waals surface area (Å²) >= 11 is 0. The van der Waals surface area contributed by atoms with E-state index in [4.69, 9.17) is 0 Å². The standard InChI is InChI=1S/C12H17N5O2/c1-3-15(4-2)12-9-13-14-16(12)10-5-7-11(8-6-10)17(18)19/h5-8,12H,3-4,9H2,1-2H3. The number of anilines is 1. The average Bonchev–Trinajstić information content (AvgIpc) is 2.89. The zero-order chi connectivity index (χ0) is 13.8. The lowest BCUT2D eigenvalue weighted by molar-refractivity contribution is -0.384. The first kappa shape index (κ1) is 13.4. The SMILES string of the molecule is CCN(CC)C1CN=NN1c1ccc([N+](=O)[O-])cc1. The van der Waals surface area contributed by atoms with Gasteiger partial charge in [-0.15, -0.1) is 0 Å². The first-order valence-electron chi connectivity index (χ1n) is 6.32. The van der Waals surface area contributed by atoms with Gasteiger partial charge in [0.25, 0.3) is 5.69 Å². The Morgan fingerprint density at radius 1 is 1.37 bits per heavy atom. The quantitative estimate of drug-likeness (QED) is 0.604. The molecule has 0 radical (unpaired) electrons. The predicted octanol–water partition coefficient (Wildman–Crippen LogP) is 2.45. The molecule has 0 saturated heterocycles. The molecule has 7 nitrogen and oxygen atoms in total. The van der Waals surface area contributed by atoms with Crippen LogP contribution in [0.2, 0.25) is 0 Å². The van der Waals surface area contributed by atoms with Crippen LogP contribution in [0.15, 0.2) is 34.6 Å². The number of hydrogen-bond acceptors (Lipinski definition) is 6. The highest BCUT2D eigenvalue weighted by Crippen LogP contribution is 2.25. The van der Waals surface area contributed by atoms with E-state index in [2.05, 4.69) is 29.1 Å². The number of nitro benzene ring substituents is 1. The second-order valence-electron chi connectivity index (χ2n) is 4.23. The molecule has 0 aliphatic carbocycles. The number of benzene rings is 1. The number of rotatable bonds is 5. The van der Waals surface area contributed by atoms with E-state index in [1.807, 2.05) is 5.01 Å². The van der Waals surface area contributed by atoms with Gasteiger partial charge in [0.05, 0.1) is 17.2 Å². The number of non-ortho nitro benzene ring substituents is 1. The zero-order valence-electron chi connectivity index (χ0n) is 11.1. The van der Waals surface area contributed by atoms with Gasteiger partial charge >= 0.3 is 0 Å². The molecule has 1 heterocycles. The van der Waals surface area contributed by atoms with Crippen molar-refractivity contribution in [3.63, 3.8) is 0 Å². The highest BCUT2D eigenvalue weighted by molar-refractivity contribution is 5.51. The van der Waals surface area contributed by atoms with E-state index in [1.54, 1.807) is 12.1 Å². The molecular weight excluding hydrogens is 246 g/mol. The van der Waals surface area contributed by atoms with Crippen molar-refractivity contribution >= 4 is 11.4 Å². The van der Waals surface area contributed by atoms with E-state index < -0.39 is 4.92 Å². The maximum atomic E-state index is 10.6. The van der Waals surface area contributed by atoms with E-state index in [-0.39, 0.29) is 11.9 Å². The van der Waals surface area contributed by atoms with Crippen molar-refractivity contribution in [3.8, 4) is 0 Å². The van der Waals surface area contributed by atoms with Gasteiger partial charge in [0, 0.05) is 12.1 Å². The van der Waals surface area contributed by atoms with Crippen molar-refractivity contribution in [1.29, 1.82) is 0 Å². The van der Waals surface area contributed by atoms with Gasteiger partial charge in [0.1, 0.15) is 6.17 Å². The number of hydrogen-bond donors (Lipinski definition) is 0. The smallest absolute Gasteiger partial charge is 0.269 e. The predicted molar refractivity (Wildman–Crippen MR) is 72.0 cm³/mol. The number of nitrogens with zero attached hydrogens (tertiary/aromatic N) is 5. The summed E-state index contributed by atoms with van der Waals surface area (Å²) in [5.74, 6) is 0. The number of likely N-dealkylation sites (N-methyl/N-ethyl adjacent to an activating group) is 1. The Labute approximate surface area is 111 Å². The van der Waals surface area contributed by atoms with Crippen molar-refractivity contribution in [2.45, 2.75) is 20.0 Å². The molecule has 1 aliphatic rings. The summed E-state index contributed by atoms with van der Waals surface area (Å²) in [4.78, 5) is 12.5. The molecule has 0 aromatic heterocycles. The van der Waals surface area contributed by atoms with Gasteiger partial charge in [-0.1, -0.05) is 19.1 Å². The topological polar surface area (TPSA) is 74.3 Å². The maximum absolute atomic E-state index is 10.6. The molecule has 0 fully saturated rings. The summed E-state index contributed by atoms with van der Waals surface area (Å²) < 4.78 is 0. The van der Waals surface area contributed by atoms with Crippen LogP contribution in [0.5, 0.6) is 0 Å². The zero-order valence-corrected chi connectivity index (χ0v) is 11.1. The largest absolute Gasteiger partial charge is 0.281 e. The molecule has 102 valence electrons. The second-order valence-corrected chi connectivity index (χ2v) is 4.23. The third-order valence-electron chi connectivity index (χ3n) is 3.25. The first-order valence-corrected chi connectivity index (χ1v) is 6.32. The summed E-state index contributed by atoms with van der Waals surface area (Å²) in [6.45, 7) is 6.63. The Balaban J connectivity index is 2.19. The molecule has 7 heteroatoms. The van der Waals surface area contributed by atoms with Crippen LogP contribution in [-0.2, 0) is 0 Å². The average molecular weight is 263 g/mol. The van der Waals surface area contributed by atoms with Crippen molar-refractivity contribution in [2.75, 3.05) is 24.6 Å². The molecule has 0 spiro atoms. The fourth-order valence-corrected chi connectivity index (χ4v) is 2.18. The van der Waals surface area contributed by atoms with Gasteiger partial charge in [-0.3, -0.25) is 15.0 Å². The van der Waals surface area contributed by atoms with E-state index in [9.17, 15) is 10.1 Å². The van der Waals surface area contributed by atoms with Crippen molar-refractivity contribution in [3.05, 3.63) is 34.4 Å². The molecule has 1 aromatic carbocycles. The molecule has 1 aromatic rings. The summed E-state index contributed by atoms with van der Waals surface area (Å²) in [6, 6.07) is 6.39. The second kappa shape index (κ2) is 5.75. The molecule has 0 amide bonds. The van der Waals surface area contributed by atoms with E-state index in [0.29, 0.717) is 6.54 Å².